The van der Waals surface area contributed by atoms with Crippen LogP contribution in [-0.2, 0) is 11.2 Å². The number of rotatable bonds is 4. The number of aryl methyl sites for hydroxylation is 1. The fourth-order valence-corrected chi connectivity index (χ4v) is 3.28. The van der Waals surface area contributed by atoms with Gasteiger partial charge in [0, 0.05) is 25.0 Å². The Labute approximate surface area is 143 Å². The molecule has 1 N–H and O–H groups in total. The predicted octanol–water partition coefficient (Wildman–Crippen LogP) is 2.90. The molecule has 2 heterocycles. The van der Waals surface area contributed by atoms with Crippen LogP contribution in [0.15, 0.2) is 48.7 Å². The van der Waals surface area contributed by atoms with Gasteiger partial charge in [-0.2, -0.15) is 0 Å². The van der Waals surface area contributed by atoms with E-state index in [2.05, 4.69) is 4.98 Å². The van der Waals surface area contributed by atoms with Crippen molar-refractivity contribution in [3.05, 3.63) is 65.5 Å². The lowest BCUT2D eigenvalue weighted by atomic mass is 9.87. The van der Waals surface area contributed by atoms with Crippen LogP contribution >= 0.6 is 0 Å². The van der Waals surface area contributed by atoms with Gasteiger partial charge in [0.1, 0.15) is 0 Å². The van der Waals surface area contributed by atoms with Crippen LogP contribution in [0, 0.1) is 12.8 Å². The Hall–Kier alpha value is -2.20. The number of hydrogen-bond acceptors (Lipinski definition) is 3. The topological polar surface area (TPSA) is 53.4 Å². The molecule has 24 heavy (non-hydrogen) atoms. The van der Waals surface area contributed by atoms with Crippen molar-refractivity contribution >= 4 is 5.91 Å². The molecule has 0 saturated carbocycles. The Kier molecular flexibility index (Phi) is 5.26. The molecule has 1 saturated heterocycles. The molecule has 4 nitrogen and oxygen atoms in total. The predicted molar refractivity (Wildman–Crippen MR) is 93.4 cm³/mol. The summed E-state index contributed by atoms with van der Waals surface area (Å²) in [4.78, 5) is 18.6. The van der Waals surface area contributed by atoms with Crippen molar-refractivity contribution in [1.29, 1.82) is 0 Å². The maximum absolute atomic E-state index is 12.4. The summed E-state index contributed by atoms with van der Waals surface area (Å²) in [5, 5.41) is 10.5. The molecule has 0 spiro atoms. The van der Waals surface area contributed by atoms with Gasteiger partial charge in [0.25, 0.3) is 0 Å². The number of pyridine rings is 1. The Bertz CT molecular complexity index is 662. The van der Waals surface area contributed by atoms with Crippen molar-refractivity contribution in [3.8, 4) is 0 Å². The van der Waals surface area contributed by atoms with Gasteiger partial charge < -0.3 is 10.0 Å². The van der Waals surface area contributed by atoms with E-state index in [4.69, 9.17) is 0 Å². The van der Waals surface area contributed by atoms with Gasteiger partial charge in [-0.15, -0.1) is 0 Å². The molecule has 1 aliphatic rings. The molecule has 1 fully saturated rings. The number of aliphatic hydroxyl groups excluding tert-OH is 1. The van der Waals surface area contributed by atoms with E-state index in [1.54, 1.807) is 6.20 Å². The first-order valence-electron chi connectivity index (χ1n) is 8.56. The fraction of sp³-hybridized carbons (Fsp3) is 0.400. The summed E-state index contributed by atoms with van der Waals surface area (Å²) in [6.07, 6.45) is 3.42. The molecule has 1 aromatic carbocycles. The van der Waals surface area contributed by atoms with Gasteiger partial charge >= 0.3 is 0 Å². The van der Waals surface area contributed by atoms with Crippen LogP contribution in [0.5, 0.6) is 0 Å². The second kappa shape index (κ2) is 7.58. The molecule has 1 atom stereocenters. The van der Waals surface area contributed by atoms with E-state index in [-0.39, 0.29) is 11.8 Å². The highest BCUT2D eigenvalue weighted by atomic mass is 16.3. The van der Waals surface area contributed by atoms with Gasteiger partial charge in [0.15, 0.2) is 0 Å². The maximum atomic E-state index is 12.4. The average molecular weight is 324 g/mol. The summed E-state index contributed by atoms with van der Waals surface area (Å²) < 4.78 is 0. The summed E-state index contributed by atoms with van der Waals surface area (Å²) in [5.41, 5.74) is 2.88. The highest BCUT2D eigenvalue weighted by Crippen LogP contribution is 2.30. The molecule has 1 unspecified atom stereocenters. The number of benzene rings is 1. The zero-order valence-electron chi connectivity index (χ0n) is 14.1. The van der Waals surface area contributed by atoms with E-state index in [0.29, 0.717) is 19.5 Å². The molecule has 1 amide bonds. The SMILES string of the molecule is Cc1ccc(CC(=O)N2CCC(C(O)c3ccccc3)CC2)cn1. The van der Waals surface area contributed by atoms with E-state index < -0.39 is 6.10 Å². The monoisotopic (exact) mass is 324 g/mol. The first-order valence-corrected chi connectivity index (χ1v) is 8.56. The lowest BCUT2D eigenvalue weighted by molar-refractivity contribution is -0.132. The Morgan fingerprint density at radius 3 is 2.54 bits per heavy atom. The van der Waals surface area contributed by atoms with Gasteiger partial charge in [-0.05, 0) is 42.9 Å². The Morgan fingerprint density at radius 1 is 1.21 bits per heavy atom. The molecule has 2 aromatic rings. The van der Waals surface area contributed by atoms with Crippen LogP contribution in [0.1, 0.15) is 35.8 Å². The third-order valence-corrected chi connectivity index (χ3v) is 4.81. The Morgan fingerprint density at radius 2 is 1.92 bits per heavy atom. The molecule has 126 valence electrons. The van der Waals surface area contributed by atoms with Crippen LogP contribution in [0.25, 0.3) is 0 Å². The van der Waals surface area contributed by atoms with Crippen molar-refractivity contribution in [2.45, 2.75) is 32.3 Å². The number of nitrogens with zero attached hydrogens (tertiary/aromatic N) is 2. The van der Waals surface area contributed by atoms with Crippen molar-refractivity contribution in [2.75, 3.05) is 13.1 Å². The molecular weight excluding hydrogens is 300 g/mol. The number of aliphatic hydroxyl groups is 1. The Balaban J connectivity index is 1.53. The van der Waals surface area contributed by atoms with Crippen LogP contribution < -0.4 is 0 Å². The number of amides is 1. The van der Waals surface area contributed by atoms with Gasteiger partial charge in [0.2, 0.25) is 5.91 Å². The smallest absolute Gasteiger partial charge is 0.227 e. The normalized spacial score (nSPS) is 16.8. The zero-order chi connectivity index (χ0) is 16.9. The lowest BCUT2D eigenvalue weighted by Crippen LogP contribution is -2.40. The number of likely N-dealkylation sites (tertiary alicyclic amines) is 1. The van der Waals surface area contributed by atoms with Crippen molar-refractivity contribution in [3.63, 3.8) is 0 Å². The van der Waals surface area contributed by atoms with Gasteiger partial charge in [-0.3, -0.25) is 9.78 Å². The lowest BCUT2D eigenvalue weighted by Gasteiger charge is -2.34. The summed E-state index contributed by atoms with van der Waals surface area (Å²) in [5.74, 6) is 0.366. The van der Waals surface area contributed by atoms with E-state index in [1.807, 2.05) is 54.3 Å². The van der Waals surface area contributed by atoms with E-state index in [9.17, 15) is 9.90 Å². The summed E-state index contributed by atoms with van der Waals surface area (Å²) in [6.45, 7) is 3.37. The molecular formula is C20H24N2O2. The zero-order valence-corrected chi connectivity index (χ0v) is 14.1. The molecule has 3 rings (SSSR count). The number of carbonyl (C=O) groups is 1. The second-order valence-electron chi connectivity index (χ2n) is 6.56. The standard InChI is InChI=1S/C20H24N2O2/c1-15-7-8-16(14-21-15)13-19(23)22-11-9-18(10-12-22)20(24)17-5-3-2-4-6-17/h2-8,14,18,20,24H,9-13H2,1H3. The minimum atomic E-state index is -0.440. The van der Waals surface area contributed by atoms with E-state index in [1.165, 1.54) is 0 Å². The maximum Gasteiger partial charge on any atom is 0.227 e. The summed E-state index contributed by atoms with van der Waals surface area (Å²) >= 11 is 0. The van der Waals surface area contributed by atoms with Crippen LogP contribution in [-0.4, -0.2) is 34.0 Å². The molecule has 4 heteroatoms. The van der Waals surface area contributed by atoms with Gasteiger partial charge in [-0.1, -0.05) is 36.4 Å². The van der Waals surface area contributed by atoms with Gasteiger partial charge in [-0.25, -0.2) is 0 Å². The van der Waals surface area contributed by atoms with Crippen LogP contribution in [0.2, 0.25) is 0 Å². The first kappa shape index (κ1) is 16.7. The van der Waals surface area contributed by atoms with Crippen LogP contribution in [0.3, 0.4) is 0 Å². The van der Waals surface area contributed by atoms with E-state index in [0.717, 1.165) is 29.7 Å². The van der Waals surface area contributed by atoms with Crippen molar-refractivity contribution in [2.24, 2.45) is 5.92 Å². The number of aromatic nitrogens is 1. The fourth-order valence-electron chi connectivity index (χ4n) is 3.28. The summed E-state index contributed by atoms with van der Waals surface area (Å²) in [6, 6.07) is 13.7. The van der Waals surface area contributed by atoms with Crippen molar-refractivity contribution in [1.82, 2.24) is 9.88 Å². The number of hydrogen-bond donors (Lipinski definition) is 1. The van der Waals surface area contributed by atoms with Gasteiger partial charge in [0.05, 0.1) is 12.5 Å². The molecule has 1 aromatic heterocycles. The number of piperidine rings is 1. The largest absolute Gasteiger partial charge is 0.388 e. The third kappa shape index (κ3) is 4.01. The first-order chi connectivity index (χ1) is 11.6. The molecule has 0 radical (unpaired) electrons. The second-order valence-corrected chi connectivity index (χ2v) is 6.56. The minimum absolute atomic E-state index is 0.147. The minimum Gasteiger partial charge on any atom is -0.388 e. The molecule has 0 bridgehead atoms. The third-order valence-electron chi connectivity index (χ3n) is 4.81. The van der Waals surface area contributed by atoms with Crippen LogP contribution in [0.4, 0.5) is 0 Å². The summed E-state index contributed by atoms with van der Waals surface area (Å²) in [7, 11) is 0. The average Bonchev–Trinajstić information content (AvgIpc) is 2.64. The molecule has 0 aliphatic carbocycles. The van der Waals surface area contributed by atoms with Crippen molar-refractivity contribution < 1.29 is 9.90 Å². The molecule has 1 aliphatic heterocycles. The highest BCUT2D eigenvalue weighted by molar-refractivity contribution is 5.78. The number of carbonyl (C=O) groups excluding carboxylic acids is 1. The quantitative estimate of drug-likeness (QED) is 0.941. The van der Waals surface area contributed by atoms with E-state index >= 15 is 0 Å². The highest BCUT2D eigenvalue weighted by Gasteiger charge is 2.28.